The van der Waals surface area contributed by atoms with Gasteiger partial charge in [-0.3, -0.25) is 62.3 Å². The number of carbonyl (C=O) groups excluding carboxylic acids is 14. The molecule has 0 unspecified atom stereocenters. The minimum Gasteiger partial charge on any atom is -0.458 e. The van der Waals surface area contributed by atoms with Gasteiger partial charge in [-0.2, -0.15) is 0 Å². The Morgan fingerprint density at radius 3 is 1.69 bits per heavy atom. The van der Waals surface area contributed by atoms with E-state index >= 15 is 9.59 Å². The van der Waals surface area contributed by atoms with Gasteiger partial charge in [-0.1, -0.05) is 166 Å². The highest BCUT2D eigenvalue weighted by Crippen LogP contribution is 2.23. The molecular formula is C75H124N14O16. The van der Waals surface area contributed by atoms with Crippen molar-refractivity contribution in [1.82, 2.24) is 68.7 Å². The van der Waals surface area contributed by atoms with Gasteiger partial charge in [0.05, 0.1) is 6.10 Å². The average Bonchev–Trinajstić information content (AvgIpc) is 1.79. The zero-order valence-corrected chi connectivity index (χ0v) is 65.2. The number of hydrogen-bond donors (Lipinski definition) is 14. The summed E-state index contributed by atoms with van der Waals surface area (Å²) in [4.78, 5) is 202. The zero-order valence-electron chi connectivity index (χ0n) is 65.2. The fraction of sp³-hybridized carbons (Fsp3) is 0.707. The van der Waals surface area contributed by atoms with E-state index < -0.39 is 203 Å². The third kappa shape index (κ3) is 27.7. The first-order valence-electron chi connectivity index (χ1n) is 37.5. The molecule has 590 valence electrons. The second-order valence-electron chi connectivity index (χ2n) is 30.2. The summed E-state index contributed by atoms with van der Waals surface area (Å²) in [6.07, 6.45) is 1.02. The van der Waals surface area contributed by atoms with E-state index in [1.807, 2.05) is 13.8 Å². The first kappa shape index (κ1) is 90.7. The Bertz CT molecular complexity index is 3160. The van der Waals surface area contributed by atoms with Gasteiger partial charge in [0.1, 0.15) is 84.3 Å². The summed E-state index contributed by atoms with van der Waals surface area (Å²) in [5, 5.41) is 43.2. The van der Waals surface area contributed by atoms with Crippen LogP contribution in [0, 0.1) is 47.3 Å². The average molecular weight is 1480 g/mol. The largest absolute Gasteiger partial charge is 0.458 e. The van der Waals surface area contributed by atoms with Crippen molar-refractivity contribution in [3.05, 3.63) is 47.7 Å². The number of hydrogen-bond acceptors (Lipinski definition) is 17. The molecule has 16 atom stereocenters. The van der Waals surface area contributed by atoms with Crippen LogP contribution in [0.1, 0.15) is 195 Å². The number of nitrogens with two attached hydrogens (primary N) is 1. The lowest BCUT2D eigenvalue weighted by atomic mass is 9.95. The highest BCUT2D eigenvalue weighted by atomic mass is 16.5. The van der Waals surface area contributed by atoms with Gasteiger partial charge in [0.2, 0.25) is 70.9 Å². The van der Waals surface area contributed by atoms with Crippen LogP contribution in [0.5, 0.6) is 0 Å². The molecule has 0 bridgehead atoms. The maximum absolute atomic E-state index is 15.0. The fourth-order valence-corrected chi connectivity index (χ4v) is 12.1. The lowest BCUT2D eigenvalue weighted by Gasteiger charge is -2.33. The number of rotatable bonds is 33. The van der Waals surface area contributed by atoms with E-state index in [1.54, 1.807) is 127 Å². The standard InChI is InChI=1S/C75H124N14O16/c1-20-44(16)59(71(100)88-62-47(19)105-75(104)58(43(14)15)84-63(92)49(22-3)77-65(94)51(37-48-30-24-23-25-31-48)79-67(96)55(40(8)9)81-70(99)60(45(17)21-2)86-73(62)102)85-64(93)50(32-27-35-76)78-66(95)52-33-28-36-89(52)74(103)57(42(12)13)83-69(98)56(41(10)11)82-72(101)61(46(18)90)87-68(97)54(39(6)7)80-53(91)34-26-29-38(4)5/h22-25,30-31,38-47,50-52,54-62,90H,20-21,26-29,32-37,76H2,1-19H3,(H,77,94)(H,78,95)(H,79,96)(H,80,91)(H,81,99)(H,82,101)(H,83,98)(H,84,92)(H,85,93)(H,86,102)(H,87,97)(H,88,100)/b49-22-/t44-,45-,46-,47-,50+,51+,52-,54-,55-,56+,57-,58+,59-,60-,61+,62-/m1/s1. The van der Waals surface area contributed by atoms with Crippen LogP contribution in [-0.2, 0) is 78.3 Å². The van der Waals surface area contributed by atoms with Gasteiger partial charge in [0, 0.05) is 19.4 Å². The highest BCUT2D eigenvalue weighted by Gasteiger charge is 2.44. The molecule has 2 saturated heterocycles. The number of nitrogens with one attached hydrogen (secondary N) is 12. The molecule has 0 saturated carbocycles. The van der Waals surface area contributed by atoms with Gasteiger partial charge < -0.3 is 84.3 Å². The summed E-state index contributed by atoms with van der Waals surface area (Å²) in [6.45, 7) is 31.8. The third-order valence-corrected chi connectivity index (χ3v) is 19.3. The molecule has 3 rings (SSSR count). The van der Waals surface area contributed by atoms with E-state index in [4.69, 9.17) is 10.5 Å². The second-order valence-corrected chi connectivity index (χ2v) is 30.2. The summed E-state index contributed by atoms with van der Waals surface area (Å²) < 4.78 is 5.96. The molecule has 2 aliphatic heterocycles. The van der Waals surface area contributed by atoms with Crippen LogP contribution in [0.3, 0.4) is 0 Å². The summed E-state index contributed by atoms with van der Waals surface area (Å²) in [5.41, 5.74) is 6.34. The number of aliphatic hydroxyl groups is 1. The first-order valence-corrected chi connectivity index (χ1v) is 37.5. The molecule has 0 radical (unpaired) electrons. The number of allylic oxidation sites excluding steroid dienone is 1. The molecule has 1 aromatic carbocycles. The maximum atomic E-state index is 15.0. The van der Waals surface area contributed by atoms with Crippen molar-refractivity contribution >= 4 is 82.8 Å². The van der Waals surface area contributed by atoms with E-state index in [9.17, 15) is 62.6 Å². The molecule has 15 N–H and O–H groups in total. The predicted octanol–water partition coefficient (Wildman–Crippen LogP) is 1.84. The number of nitrogens with zero attached hydrogens (tertiary/aromatic N) is 1. The van der Waals surface area contributed by atoms with Gasteiger partial charge in [-0.05, 0) is 112 Å². The SMILES string of the molecule is C/C=C1\NC(=O)[C@H](Cc2ccccc2)NC(=O)[C@@H](C(C)C)NC(=O)[C@@H]([C@H](C)CC)NC(=O)[C@H](NC(=O)[C@H](NC(=O)[C@H](CCCN)NC(=O)[C@H]2CCCN2C(=O)[C@H](NC(=O)[C@@H](NC(=O)[C@@H](NC(=O)[C@H](NC(=O)CCCC(C)C)C(C)C)[C@@H](C)O)C(C)C)C(C)C)[C@H](C)CC)[C@@H](C)OC(=O)[C@H](C(C)C)NC1=O. The summed E-state index contributed by atoms with van der Waals surface area (Å²) in [6, 6.07) is -7.67. The lowest BCUT2D eigenvalue weighted by molar-refractivity contribution is -0.157. The molecule has 13 amide bonds. The van der Waals surface area contributed by atoms with Crippen molar-refractivity contribution in [2.24, 2.45) is 53.1 Å². The Morgan fingerprint density at radius 1 is 0.610 bits per heavy atom. The van der Waals surface area contributed by atoms with Crippen LogP contribution < -0.4 is 69.5 Å². The topological polar surface area (TPSA) is 442 Å². The maximum Gasteiger partial charge on any atom is 0.329 e. The molecule has 30 nitrogen and oxygen atoms in total. The Morgan fingerprint density at radius 2 is 1.15 bits per heavy atom. The van der Waals surface area contributed by atoms with Gasteiger partial charge in [0.15, 0.2) is 0 Å². The van der Waals surface area contributed by atoms with Crippen LogP contribution in [0.15, 0.2) is 42.1 Å². The van der Waals surface area contributed by atoms with Gasteiger partial charge >= 0.3 is 5.97 Å². The number of cyclic esters (lactones) is 1. The van der Waals surface area contributed by atoms with Crippen molar-refractivity contribution in [3.63, 3.8) is 0 Å². The molecule has 1 aromatic rings. The molecule has 0 aliphatic carbocycles. The first-order chi connectivity index (χ1) is 49.2. The van der Waals surface area contributed by atoms with E-state index in [0.717, 1.165) is 6.42 Å². The number of carbonyl (C=O) groups is 14. The minimum absolute atomic E-state index is 0.0355. The number of likely N-dealkylation sites (tertiary alicyclic amines) is 1. The Hall–Kier alpha value is -8.54. The van der Waals surface area contributed by atoms with Crippen LogP contribution in [-0.4, -0.2) is 191 Å². The second kappa shape index (κ2) is 43.8. The van der Waals surface area contributed by atoms with Crippen molar-refractivity contribution < 1.29 is 77.0 Å². The molecule has 2 heterocycles. The van der Waals surface area contributed by atoms with Crippen LogP contribution in [0.25, 0.3) is 0 Å². The summed E-state index contributed by atoms with van der Waals surface area (Å²) in [5.74, 6) is -15.1. The summed E-state index contributed by atoms with van der Waals surface area (Å²) >= 11 is 0. The van der Waals surface area contributed by atoms with Crippen molar-refractivity contribution in [1.29, 1.82) is 0 Å². The summed E-state index contributed by atoms with van der Waals surface area (Å²) in [7, 11) is 0. The van der Waals surface area contributed by atoms with Crippen molar-refractivity contribution in [3.8, 4) is 0 Å². The van der Waals surface area contributed by atoms with Crippen LogP contribution >= 0.6 is 0 Å². The van der Waals surface area contributed by atoms with Crippen LogP contribution in [0.4, 0.5) is 0 Å². The number of amides is 13. The number of benzene rings is 1. The molecule has 30 heteroatoms. The Labute approximate surface area is 620 Å². The Balaban J connectivity index is 2.00. The third-order valence-electron chi connectivity index (χ3n) is 19.3. The smallest absolute Gasteiger partial charge is 0.329 e. The minimum atomic E-state index is -1.83. The highest BCUT2D eigenvalue weighted by molar-refractivity contribution is 6.03. The lowest BCUT2D eigenvalue weighted by Crippen LogP contribution is -2.64. The van der Waals surface area contributed by atoms with E-state index in [-0.39, 0.29) is 63.2 Å². The number of aliphatic hydroxyl groups excluding tert-OH is 1. The van der Waals surface area contributed by atoms with Crippen molar-refractivity contribution in [2.45, 2.75) is 280 Å². The normalized spacial score (nSPS) is 22.6. The molecule has 2 fully saturated rings. The van der Waals surface area contributed by atoms with Crippen molar-refractivity contribution in [2.75, 3.05) is 13.1 Å². The van der Waals surface area contributed by atoms with E-state index in [1.165, 1.54) is 31.7 Å². The monoisotopic (exact) mass is 1480 g/mol. The number of esters is 1. The predicted molar refractivity (Wildman–Crippen MR) is 395 cm³/mol. The quantitative estimate of drug-likeness (QED) is 0.0353. The van der Waals surface area contributed by atoms with E-state index in [2.05, 4.69) is 63.8 Å². The Kier molecular flexibility index (Phi) is 37.8. The molecular weight excluding hydrogens is 1350 g/mol. The molecule has 0 aromatic heterocycles. The molecule has 105 heavy (non-hydrogen) atoms. The fourth-order valence-electron chi connectivity index (χ4n) is 12.1. The molecule has 0 spiro atoms. The zero-order chi connectivity index (χ0) is 79.4. The number of ether oxygens (including phenoxy) is 1. The van der Waals surface area contributed by atoms with Gasteiger partial charge in [-0.15, -0.1) is 0 Å². The van der Waals surface area contributed by atoms with Gasteiger partial charge in [-0.25, -0.2) is 4.79 Å². The molecule has 2 aliphatic rings. The van der Waals surface area contributed by atoms with Crippen LogP contribution in [0.2, 0.25) is 0 Å². The van der Waals surface area contributed by atoms with E-state index in [0.29, 0.717) is 30.7 Å². The van der Waals surface area contributed by atoms with Gasteiger partial charge in [0.25, 0.3) is 5.91 Å².